The summed E-state index contributed by atoms with van der Waals surface area (Å²) in [5, 5.41) is 14.5. The maximum atomic E-state index is 13.8. The monoisotopic (exact) mass is 713 g/mol. The number of nitrogens with one attached hydrogen (secondary N) is 5. The van der Waals surface area contributed by atoms with Gasteiger partial charge in [0.15, 0.2) is 0 Å². The van der Waals surface area contributed by atoms with Crippen LogP contribution in [0.15, 0.2) is 67.0 Å². The van der Waals surface area contributed by atoms with E-state index in [4.69, 9.17) is 4.74 Å². The van der Waals surface area contributed by atoms with Gasteiger partial charge < -0.3 is 35.9 Å². The van der Waals surface area contributed by atoms with Gasteiger partial charge in [0.1, 0.15) is 41.8 Å². The lowest BCUT2D eigenvalue weighted by molar-refractivity contribution is -0.135. The average Bonchev–Trinajstić information content (AvgIpc) is 3.76. The second kappa shape index (κ2) is 17.3. The molecule has 2 bridgehead atoms. The molecule has 3 heterocycles. The van der Waals surface area contributed by atoms with Gasteiger partial charge in [0.05, 0.1) is 6.04 Å². The van der Waals surface area contributed by atoms with Crippen molar-refractivity contribution in [2.24, 2.45) is 5.92 Å². The molecule has 0 saturated heterocycles. The third-order valence-corrected chi connectivity index (χ3v) is 9.47. The molecule has 0 unspecified atom stereocenters. The van der Waals surface area contributed by atoms with Crippen molar-refractivity contribution < 1.29 is 28.7 Å². The van der Waals surface area contributed by atoms with Gasteiger partial charge in [-0.05, 0) is 55.4 Å². The summed E-state index contributed by atoms with van der Waals surface area (Å²) in [4.78, 5) is 72.1. The van der Waals surface area contributed by atoms with E-state index >= 15 is 0 Å². The van der Waals surface area contributed by atoms with Crippen LogP contribution in [0.1, 0.15) is 70.3 Å². The van der Waals surface area contributed by atoms with Crippen molar-refractivity contribution in [3.8, 4) is 5.75 Å². The number of rotatable bonds is 9. The first-order chi connectivity index (χ1) is 24.9. The van der Waals surface area contributed by atoms with Crippen molar-refractivity contribution in [2.75, 3.05) is 6.61 Å². The molecule has 2 aliphatic heterocycles. The molecule has 278 valence electrons. The standard InChI is InChI=1S/C39H51N7O6/c1-5-33-40-18-20-46(33)19-15-34(47)43-31-23-28-11-13-30(14-12-28)52-24-29(21-25(2)3)42-37(50)32(22-27-9-7-6-8-10-27)44-38(51)39(16-17-39)45-35(48)26(4)41-36(31)49/h6-14,18,20,25-26,29,31-32H,5,15-17,19,21-24H2,1-4H3,(H,41,49)(H,42,50)(H,43,47)(H,44,51)(H,45,48)/t26-,29+,31+,32-/m1/s1. The molecule has 6 rings (SSSR count). The van der Waals surface area contributed by atoms with Crippen LogP contribution < -0.4 is 31.3 Å². The lowest BCUT2D eigenvalue weighted by atomic mass is 10.0. The quantitative estimate of drug-likeness (QED) is 0.212. The first-order valence-corrected chi connectivity index (χ1v) is 18.2. The fraction of sp³-hybridized carbons (Fsp3) is 0.487. The summed E-state index contributed by atoms with van der Waals surface area (Å²) in [5.74, 6) is -0.515. The minimum absolute atomic E-state index is 0.132. The number of aromatic nitrogens is 2. The molecule has 5 N–H and O–H groups in total. The summed E-state index contributed by atoms with van der Waals surface area (Å²) in [7, 11) is 0. The minimum atomic E-state index is -1.20. The molecular weight excluding hydrogens is 662 g/mol. The molecule has 13 heteroatoms. The number of carbonyl (C=O) groups is 5. The van der Waals surface area contributed by atoms with Gasteiger partial charge in [-0.2, -0.15) is 0 Å². The molecule has 5 amide bonds. The van der Waals surface area contributed by atoms with Gasteiger partial charge in [0.2, 0.25) is 29.5 Å². The van der Waals surface area contributed by atoms with Crippen LogP contribution in [0.2, 0.25) is 0 Å². The number of hydrogen-bond acceptors (Lipinski definition) is 7. The fourth-order valence-corrected chi connectivity index (χ4v) is 6.36. The Morgan fingerprint density at radius 3 is 2.38 bits per heavy atom. The third kappa shape index (κ3) is 10.4. The Morgan fingerprint density at radius 2 is 1.71 bits per heavy atom. The largest absolute Gasteiger partial charge is 0.491 e. The molecule has 13 nitrogen and oxygen atoms in total. The van der Waals surface area contributed by atoms with Crippen LogP contribution in [0.25, 0.3) is 0 Å². The summed E-state index contributed by atoms with van der Waals surface area (Å²) in [6.07, 6.45) is 6.20. The summed E-state index contributed by atoms with van der Waals surface area (Å²) >= 11 is 0. The van der Waals surface area contributed by atoms with Crippen LogP contribution in [0.5, 0.6) is 5.75 Å². The number of imidazole rings is 1. The third-order valence-electron chi connectivity index (χ3n) is 9.47. The van der Waals surface area contributed by atoms with Crippen molar-refractivity contribution in [3.05, 3.63) is 83.9 Å². The van der Waals surface area contributed by atoms with Crippen molar-refractivity contribution in [1.82, 2.24) is 36.1 Å². The predicted molar refractivity (Wildman–Crippen MR) is 195 cm³/mol. The molecular formula is C39H51N7O6. The molecule has 3 aromatic rings. The Kier molecular flexibility index (Phi) is 12.7. The van der Waals surface area contributed by atoms with E-state index < -0.39 is 41.4 Å². The number of aryl methyl sites for hydroxylation is 2. The summed E-state index contributed by atoms with van der Waals surface area (Å²) < 4.78 is 8.05. The Bertz CT molecular complexity index is 1700. The molecule has 1 saturated carbocycles. The summed E-state index contributed by atoms with van der Waals surface area (Å²) in [5.41, 5.74) is 0.437. The van der Waals surface area contributed by atoms with Crippen LogP contribution in [0.4, 0.5) is 0 Å². The first kappa shape index (κ1) is 38.0. The lowest BCUT2D eigenvalue weighted by Crippen LogP contribution is -2.59. The van der Waals surface area contributed by atoms with E-state index in [1.165, 1.54) is 6.92 Å². The van der Waals surface area contributed by atoms with Gasteiger partial charge >= 0.3 is 0 Å². The normalized spacial score (nSPS) is 22.5. The SMILES string of the molecule is CCc1nccn1CCC(=O)N[C@H]1Cc2ccc(cc2)OC[C@H](CC(C)C)NC(=O)[C@@H](Cc2ccccc2)NC(=O)C2(CC2)NC(=O)[C@@H](C)NC1=O. The summed E-state index contributed by atoms with van der Waals surface area (Å²) in [6, 6.07) is 13.4. The van der Waals surface area contributed by atoms with E-state index in [9.17, 15) is 24.0 Å². The Balaban J connectivity index is 1.38. The number of ether oxygens (including phenoxy) is 1. The van der Waals surface area contributed by atoms with Gasteiger partial charge in [-0.15, -0.1) is 0 Å². The van der Waals surface area contributed by atoms with Crippen LogP contribution in [0.3, 0.4) is 0 Å². The fourth-order valence-electron chi connectivity index (χ4n) is 6.36. The number of benzene rings is 2. The van der Waals surface area contributed by atoms with E-state index in [1.54, 1.807) is 18.3 Å². The van der Waals surface area contributed by atoms with Gasteiger partial charge in [0, 0.05) is 44.6 Å². The van der Waals surface area contributed by atoms with Crippen molar-refractivity contribution in [3.63, 3.8) is 0 Å². The van der Waals surface area contributed by atoms with Crippen LogP contribution in [-0.2, 0) is 49.8 Å². The molecule has 0 radical (unpaired) electrons. The van der Waals surface area contributed by atoms with Crippen LogP contribution in [0, 0.1) is 5.92 Å². The van der Waals surface area contributed by atoms with Crippen molar-refractivity contribution >= 4 is 29.5 Å². The molecule has 1 aliphatic carbocycles. The molecule has 2 aromatic carbocycles. The Labute approximate surface area is 305 Å². The highest BCUT2D eigenvalue weighted by atomic mass is 16.5. The Hall–Kier alpha value is -5.20. The van der Waals surface area contributed by atoms with E-state index in [0.29, 0.717) is 31.6 Å². The number of nitrogens with zero attached hydrogens (tertiary/aromatic N) is 2. The second-order valence-electron chi connectivity index (χ2n) is 14.3. The maximum absolute atomic E-state index is 13.8. The zero-order valence-electron chi connectivity index (χ0n) is 30.4. The van der Waals surface area contributed by atoms with Crippen molar-refractivity contribution in [2.45, 2.75) is 109 Å². The van der Waals surface area contributed by atoms with E-state index in [0.717, 1.165) is 23.4 Å². The highest BCUT2D eigenvalue weighted by Gasteiger charge is 2.52. The predicted octanol–water partition coefficient (Wildman–Crippen LogP) is 2.37. The Morgan fingerprint density at radius 1 is 0.981 bits per heavy atom. The number of hydrogen-bond donors (Lipinski definition) is 5. The zero-order valence-corrected chi connectivity index (χ0v) is 30.4. The first-order valence-electron chi connectivity index (χ1n) is 18.2. The van der Waals surface area contributed by atoms with Gasteiger partial charge in [-0.25, -0.2) is 4.98 Å². The molecule has 52 heavy (non-hydrogen) atoms. The van der Waals surface area contributed by atoms with E-state index in [-0.39, 0.29) is 49.6 Å². The number of amides is 5. The maximum Gasteiger partial charge on any atom is 0.246 e. The highest BCUT2D eigenvalue weighted by Crippen LogP contribution is 2.36. The van der Waals surface area contributed by atoms with E-state index in [2.05, 4.69) is 45.4 Å². The smallest absolute Gasteiger partial charge is 0.246 e. The highest BCUT2D eigenvalue weighted by molar-refractivity contribution is 5.99. The summed E-state index contributed by atoms with van der Waals surface area (Å²) in [6.45, 7) is 8.25. The zero-order chi connectivity index (χ0) is 37.3. The van der Waals surface area contributed by atoms with Gasteiger partial charge in [0.25, 0.3) is 0 Å². The number of carbonyl (C=O) groups excluding carboxylic acids is 5. The van der Waals surface area contributed by atoms with E-state index in [1.807, 2.05) is 60.2 Å². The van der Waals surface area contributed by atoms with Crippen LogP contribution >= 0.6 is 0 Å². The van der Waals surface area contributed by atoms with Crippen molar-refractivity contribution in [1.29, 1.82) is 0 Å². The molecule has 1 spiro atoms. The molecule has 4 atom stereocenters. The molecule has 1 aromatic heterocycles. The number of fused-ring (bicyclic) bond motifs is 15. The van der Waals surface area contributed by atoms with Gasteiger partial charge in [-0.3, -0.25) is 24.0 Å². The second-order valence-corrected chi connectivity index (χ2v) is 14.3. The molecule has 3 aliphatic rings. The van der Waals surface area contributed by atoms with Gasteiger partial charge in [-0.1, -0.05) is 63.2 Å². The van der Waals surface area contributed by atoms with Crippen LogP contribution in [-0.4, -0.2) is 75.4 Å². The molecule has 1 fully saturated rings. The minimum Gasteiger partial charge on any atom is -0.491 e. The average molecular weight is 714 g/mol. The lowest BCUT2D eigenvalue weighted by Gasteiger charge is -2.27. The topological polar surface area (TPSA) is 173 Å².